The van der Waals surface area contributed by atoms with Crippen molar-refractivity contribution in [3.05, 3.63) is 0 Å². The third-order valence-electron chi connectivity index (χ3n) is 11.5. The van der Waals surface area contributed by atoms with Gasteiger partial charge in [-0.05, 0) is 119 Å². The van der Waals surface area contributed by atoms with E-state index in [4.69, 9.17) is 18.9 Å². The lowest BCUT2D eigenvalue weighted by Gasteiger charge is -2.63. The van der Waals surface area contributed by atoms with Crippen LogP contribution in [0.4, 0.5) is 0 Å². The molecule has 0 amide bonds. The Morgan fingerprint density at radius 1 is 0.914 bits per heavy atom. The van der Waals surface area contributed by atoms with Gasteiger partial charge in [0.15, 0.2) is 0 Å². The largest absolute Gasteiger partial charge is 0.390 e. The first-order chi connectivity index (χ1) is 16.5. The average molecular weight is 495 g/mol. The molecular weight excluding hydrogens is 440 g/mol. The molecule has 1 N–H and O–H groups in total. The van der Waals surface area contributed by atoms with Crippen molar-refractivity contribution < 1.29 is 24.1 Å². The molecule has 0 aliphatic heterocycles. The van der Waals surface area contributed by atoms with Gasteiger partial charge in [-0.2, -0.15) is 0 Å². The molecule has 0 aromatic rings. The molecule has 0 aromatic carbocycles. The number of ether oxygens (including phenoxy) is 4. The van der Waals surface area contributed by atoms with Gasteiger partial charge >= 0.3 is 0 Å². The van der Waals surface area contributed by atoms with Gasteiger partial charge in [-0.1, -0.05) is 20.8 Å². The molecule has 5 nitrogen and oxygen atoms in total. The van der Waals surface area contributed by atoms with Crippen LogP contribution >= 0.6 is 0 Å². The van der Waals surface area contributed by atoms with E-state index in [1.54, 1.807) is 14.2 Å². The Bertz CT molecular complexity index is 691. The monoisotopic (exact) mass is 494 g/mol. The minimum absolute atomic E-state index is 0.195. The predicted octanol–water partition coefficient (Wildman–Crippen LogP) is 6.42. The van der Waals surface area contributed by atoms with Crippen molar-refractivity contribution in [2.45, 2.75) is 117 Å². The van der Waals surface area contributed by atoms with Crippen LogP contribution in [0.3, 0.4) is 0 Å². The Morgan fingerprint density at radius 2 is 1.63 bits per heavy atom. The van der Waals surface area contributed by atoms with Crippen molar-refractivity contribution in [1.29, 1.82) is 0 Å². The first-order valence-corrected chi connectivity index (χ1v) is 14.5. The van der Waals surface area contributed by atoms with Gasteiger partial charge in [0, 0.05) is 19.6 Å². The molecule has 0 unspecified atom stereocenters. The van der Waals surface area contributed by atoms with Gasteiger partial charge in [-0.3, -0.25) is 0 Å². The lowest BCUT2D eigenvalue weighted by molar-refractivity contribution is -0.215. The number of hydrogen-bond acceptors (Lipinski definition) is 5. The standard InChI is InChI=1S/C30H54O5/c1-20(12-14-28(2,3)31)24-10-11-25-23-9-8-21-16-22(34-18-32-6)13-15-29(21,4)26(23)17-27(30(24,25)5)35-19-33-7/h20-27,31H,8-19H2,1-7H3/t20-,21-,22-,23+,24-,25+,26+,27+,29+,30-/m1/s1. The summed E-state index contributed by atoms with van der Waals surface area (Å²) in [6.07, 6.45) is 12.7. The maximum atomic E-state index is 10.4. The summed E-state index contributed by atoms with van der Waals surface area (Å²) in [4.78, 5) is 0. The second-order valence-electron chi connectivity index (χ2n) is 13.8. The number of aliphatic hydroxyl groups is 1. The van der Waals surface area contributed by atoms with Crippen LogP contribution < -0.4 is 0 Å². The van der Waals surface area contributed by atoms with Gasteiger partial charge in [0.25, 0.3) is 0 Å². The normalized spacial score (nSPS) is 44.4. The van der Waals surface area contributed by atoms with Gasteiger partial charge in [0.05, 0.1) is 17.8 Å². The number of rotatable bonds is 10. The molecule has 35 heavy (non-hydrogen) atoms. The summed E-state index contributed by atoms with van der Waals surface area (Å²) in [6, 6.07) is 0. The third-order valence-corrected chi connectivity index (χ3v) is 11.5. The number of methoxy groups -OCH3 is 2. The van der Waals surface area contributed by atoms with Crippen LogP contribution in [0, 0.1) is 46.3 Å². The molecule has 0 bridgehead atoms. The minimum Gasteiger partial charge on any atom is -0.390 e. The molecular formula is C30H54O5. The lowest BCUT2D eigenvalue weighted by atomic mass is 9.43. The van der Waals surface area contributed by atoms with Gasteiger partial charge in [-0.15, -0.1) is 0 Å². The first kappa shape index (κ1) is 27.8. The summed E-state index contributed by atoms with van der Waals surface area (Å²) in [7, 11) is 3.47. The van der Waals surface area contributed by atoms with Crippen LogP contribution in [-0.4, -0.2) is 50.7 Å². The molecule has 4 fully saturated rings. The molecule has 0 radical (unpaired) electrons. The highest BCUT2D eigenvalue weighted by molar-refractivity contribution is 5.13. The maximum absolute atomic E-state index is 10.4. The van der Waals surface area contributed by atoms with Crippen molar-refractivity contribution >= 4 is 0 Å². The van der Waals surface area contributed by atoms with Gasteiger partial charge < -0.3 is 24.1 Å². The average Bonchev–Trinajstić information content (AvgIpc) is 3.17. The van der Waals surface area contributed by atoms with E-state index in [1.165, 1.54) is 44.9 Å². The fourth-order valence-corrected chi connectivity index (χ4v) is 9.61. The van der Waals surface area contributed by atoms with E-state index >= 15 is 0 Å². The first-order valence-electron chi connectivity index (χ1n) is 14.5. The van der Waals surface area contributed by atoms with Gasteiger partial charge in [0.1, 0.15) is 13.6 Å². The van der Waals surface area contributed by atoms with Gasteiger partial charge in [0.2, 0.25) is 0 Å². The van der Waals surface area contributed by atoms with Crippen molar-refractivity contribution in [3.8, 4) is 0 Å². The third kappa shape index (κ3) is 5.37. The van der Waals surface area contributed by atoms with E-state index in [2.05, 4.69) is 20.8 Å². The molecule has 0 saturated heterocycles. The summed E-state index contributed by atoms with van der Waals surface area (Å²) < 4.78 is 23.3. The van der Waals surface area contributed by atoms with Gasteiger partial charge in [-0.25, -0.2) is 0 Å². The Kier molecular flexibility index (Phi) is 8.65. The molecule has 0 heterocycles. The van der Waals surface area contributed by atoms with Crippen LogP contribution in [-0.2, 0) is 18.9 Å². The highest BCUT2D eigenvalue weighted by atomic mass is 16.7. The highest BCUT2D eigenvalue weighted by Gasteiger charge is 2.64. The van der Waals surface area contributed by atoms with E-state index < -0.39 is 5.60 Å². The quantitative estimate of drug-likeness (QED) is 0.355. The minimum atomic E-state index is -0.588. The molecule has 0 spiro atoms. The fourth-order valence-electron chi connectivity index (χ4n) is 9.61. The Morgan fingerprint density at radius 3 is 2.31 bits per heavy atom. The zero-order valence-corrected chi connectivity index (χ0v) is 23.7. The number of hydrogen-bond donors (Lipinski definition) is 1. The van der Waals surface area contributed by atoms with Crippen LogP contribution in [0.15, 0.2) is 0 Å². The number of fused-ring (bicyclic) bond motifs is 5. The molecule has 4 aliphatic carbocycles. The van der Waals surface area contributed by atoms with Crippen LogP contribution in [0.2, 0.25) is 0 Å². The molecule has 4 aliphatic rings. The van der Waals surface area contributed by atoms with E-state index in [0.717, 1.165) is 42.9 Å². The smallest absolute Gasteiger partial charge is 0.146 e. The fraction of sp³-hybridized carbons (Fsp3) is 1.00. The van der Waals surface area contributed by atoms with Crippen molar-refractivity contribution in [2.75, 3.05) is 27.8 Å². The molecule has 4 saturated carbocycles. The van der Waals surface area contributed by atoms with E-state index in [9.17, 15) is 5.11 Å². The summed E-state index contributed by atoms with van der Waals surface area (Å²) in [5, 5.41) is 10.4. The Balaban J connectivity index is 1.55. The highest BCUT2D eigenvalue weighted by Crippen LogP contribution is 2.69. The molecule has 204 valence electrons. The lowest BCUT2D eigenvalue weighted by Crippen LogP contribution is -2.59. The molecule has 5 heteroatoms. The Hall–Kier alpha value is -0.200. The molecule has 10 atom stereocenters. The maximum Gasteiger partial charge on any atom is 0.146 e. The molecule has 0 aromatic heterocycles. The van der Waals surface area contributed by atoms with Crippen molar-refractivity contribution in [2.24, 2.45) is 46.3 Å². The van der Waals surface area contributed by atoms with Crippen molar-refractivity contribution in [3.63, 3.8) is 0 Å². The molecule has 4 rings (SSSR count). The summed E-state index contributed by atoms with van der Waals surface area (Å²) in [6.45, 7) is 12.3. The van der Waals surface area contributed by atoms with E-state index in [0.29, 0.717) is 36.9 Å². The second-order valence-corrected chi connectivity index (χ2v) is 13.8. The van der Waals surface area contributed by atoms with Crippen LogP contribution in [0.25, 0.3) is 0 Å². The zero-order chi connectivity index (χ0) is 25.4. The SMILES string of the molecule is COCO[C@@H]1CC[C@@]2(C)[C@H](CC[C@@H]3[C@@H]2C[C@H](OCOC)[C@]2(C)[C@@H]([C@H](C)CCC(C)(C)O)CC[C@@H]32)C1. The van der Waals surface area contributed by atoms with Crippen LogP contribution in [0.5, 0.6) is 0 Å². The summed E-state index contributed by atoms with van der Waals surface area (Å²) in [5.41, 5.74) is -0.00721. The second kappa shape index (κ2) is 10.9. The zero-order valence-electron chi connectivity index (χ0n) is 23.7. The van der Waals surface area contributed by atoms with Crippen LogP contribution in [0.1, 0.15) is 98.8 Å². The van der Waals surface area contributed by atoms with Crippen molar-refractivity contribution in [1.82, 2.24) is 0 Å². The summed E-state index contributed by atoms with van der Waals surface area (Å²) >= 11 is 0. The summed E-state index contributed by atoms with van der Waals surface area (Å²) in [5.74, 6) is 4.28. The Labute approximate surface area is 215 Å². The van der Waals surface area contributed by atoms with E-state index in [-0.39, 0.29) is 11.5 Å². The topological polar surface area (TPSA) is 57.2 Å². The van der Waals surface area contributed by atoms with E-state index in [1.807, 2.05) is 13.8 Å². The predicted molar refractivity (Wildman–Crippen MR) is 139 cm³/mol.